The maximum atomic E-state index is 9.38. The van der Waals surface area contributed by atoms with Crippen LogP contribution in [0, 0.1) is 0 Å². The molecule has 1 nitrogen and oxygen atoms in total. The topological polar surface area (TPSA) is 20.2 Å². The smallest absolute Gasteiger partial charge is 0.123 e. The number of hydrogen-bond acceptors (Lipinski definition) is 1. The third kappa shape index (κ3) is 1.93. The maximum absolute atomic E-state index is 9.38. The van der Waals surface area contributed by atoms with Crippen LogP contribution < -0.4 is 0 Å². The van der Waals surface area contributed by atoms with Crippen molar-refractivity contribution in [2.24, 2.45) is 0 Å². The summed E-state index contributed by atoms with van der Waals surface area (Å²) in [7, 11) is 0. The molecule has 0 spiro atoms. The molecule has 0 radical (unpaired) electrons. The fourth-order valence-corrected chi connectivity index (χ4v) is 1.10. The summed E-state index contributed by atoms with van der Waals surface area (Å²) in [6, 6.07) is 6.91. The molecule has 1 aromatic carbocycles. The number of allylic oxidation sites excluding steroid dienone is 1. The van der Waals surface area contributed by atoms with E-state index in [-0.39, 0.29) is 10.2 Å². The van der Waals surface area contributed by atoms with Crippen LogP contribution in [0.5, 0.6) is 5.75 Å². The predicted molar refractivity (Wildman–Crippen MR) is 52.4 cm³/mol. The van der Waals surface area contributed by atoms with Gasteiger partial charge in [-0.1, -0.05) is 41.4 Å². The predicted octanol–water partition coefficient (Wildman–Crippen LogP) is 3.56. The minimum atomic E-state index is 0.177. The molecule has 0 unspecified atom stereocenters. The normalized spacial score (nSPS) is 9.58. The number of rotatable bonds is 1. The van der Waals surface area contributed by atoms with Crippen LogP contribution in [-0.4, -0.2) is 5.11 Å². The minimum absolute atomic E-state index is 0.177. The minimum Gasteiger partial charge on any atom is -0.507 e. The average molecular weight is 203 g/mol. The lowest BCUT2D eigenvalue weighted by Gasteiger charge is -2.03. The standard InChI is InChI=1S/C9H8Cl2O/c1-6(9(10)11)7-4-2-3-5-8(7)12/h2-5,12H,1H3. The first-order valence-corrected chi connectivity index (χ1v) is 4.18. The molecular weight excluding hydrogens is 195 g/mol. The zero-order valence-electron chi connectivity index (χ0n) is 6.51. The molecule has 0 saturated carbocycles. The molecule has 12 heavy (non-hydrogen) atoms. The third-order valence-corrected chi connectivity index (χ3v) is 2.16. The Morgan fingerprint density at radius 3 is 2.33 bits per heavy atom. The van der Waals surface area contributed by atoms with Crippen molar-refractivity contribution in [3.8, 4) is 5.75 Å². The van der Waals surface area contributed by atoms with Crippen LogP contribution >= 0.6 is 23.2 Å². The zero-order chi connectivity index (χ0) is 9.14. The van der Waals surface area contributed by atoms with E-state index in [0.29, 0.717) is 11.1 Å². The van der Waals surface area contributed by atoms with Gasteiger partial charge >= 0.3 is 0 Å². The zero-order valence-corrected chi connectivity index (χ0v) is 8.02. The number of phenols is 1. The van der Waals surface area contributed by atoms with E-state index < -0.39 is 0 Å². The number of benzene rings is 1. The van der Waals surface area contributed by atoms with Crippen molar-refractivity contribution >= 4 is 28.8 Å². The second kappa shape index (κ2) is 3.83. The van der Waals surface area contributed by atoms with Crippen LogP contribution in [0.1, 0.15) is 12.5 Å². The molecule has 0 aliphatic heterocycles. The SMILES string of the molecule is CC(=C(Cl)Cl)c1ccccc1O. The number of phenolic OH excluding ortho intramolecular Hbond substituents is 1. The van der Waals surface area contributed by atoms with E-state index in [1.807, 2.05) is 6.07 Å². The van der Waals surface area contributed by atoms with Crippen molar-refractivity contribution in [1.29, 1.82) is 0 Å². The quantitative estimate of drug-likeness (QED) is 0.739. The Morgan fingerprint density at radius 1 is 1.25 bits per heavy atom. The highest BCUT2D eigenvalue weighted by atomic mass is 35.5. The van der Waals surface area contributed by atoms with Crippen LogP contribution in [0.25, 0.3) is 5.57 Å². The molecule has 0 atom stereocenters. The highest BCUT2D eigenvalue weighted by molar-refractivity contribution is 6.58. The van der Waals surface area contributed by atoms with E-state index in [4.69, 9.17) is 23.2 Å². The maximum Gasteiger partial charge on any atom is 0.123 e. The largest absolute Gasteiger partial charge is 0.507 e. The van der Waals surface area contributed by atoms with Gasteiger partial charge in [-0.2, -0.15) is 0 Å². The summed E-state index contributed by atoms with van der Waals surface area (Å²) in [6.07, 6.45) is 0. The highest BCUT2D eigenvalue weighted by Gasteiger charge is 2.04. The van der Waals surface area contributed by atoms with Crippen LogP contribution in [0.3, 0.4) is 0 Å². The molecule has 1 rings (SSSR count). The highest BCUT2D eigenvalue weighted by Crippen LogP contribution is 2.29. The van der Waals surface area contributed by atoms with E-state index in [1.165, 1.54) is 0 Å². The van der Waals surface area contributed by atoms with E-state index >= 15 is 0 Å². The van der Waals surface area contributed by atoms with E-state index in [0.717, 1.165) is 0 Å². The molecule has 0 bridgehead atoms. The Balaban J connectivity index is 3.21. The summed E-state index contributed by atoms with van der Waals surface area (Å²) in [5.41, 5.74) is 1.34. The monoisotopic (exact) mass is 202 g/mol. The van der Waals surface area contributed by atoms with Gasteiger partial charge in [0.05, 0.1) is 0 Å². The van der Waals surface area contributed by atoms with Gasteiger partial charge in [0, 0.05) is 5.56 Å². The van der Waals surface area contributed by atoms with Crippen molar-refractivity contribution in [1.82, 2.24) is 0 Å². The van der Waals surface area contributed by atoms with E-state index in [9.17, 15) is 5.11 Å². The molecule has 0 aromatic heterocycles. The number of halogens is 2. The molecular formula is C9H8Cl2O. The van der Waals surface area contributed by atoms with Crippen LogP contribution in [-0.2, 0) is 0 Å². The Kier molecular flexibility index (Phi) is 3.01. The molecule has 0 aliphatic rings. The van der Waals surface area contributed by atoms with Crippen molar-refractivity contribution in [3.05, 3.63) is 34.3 Å². The first kappa shape index (κ1) is 9.43. The van der Waals surface area contributed by atoms with Gasteiger partial charge in [0.1, 0.15) is 10.2 Å². The first-order valence-electron chi connectivity index (χ1n) is 3.43. The molecule has 1 aromatic rings. The second-order valence-electron chi connectivity index (χ2n) is 2.40. The first-order chi connectivity index (χ1) is 5.63. The second-order valence-corrected chi connectivity index (χ2v) is 3.35. The van der Waals surface area contributed by atoms with Gasteiger partial charge in [0.15, 0.2) is 0 Å². The fraction of sp³-hybridized carbons (Fsp3) is 0.111. The lowest BCUT2D eigenvalue weighted by Crippen LogP contribution is -1.80. The summed E-state index contributed by atoms with van der Waals surface area (Å²) < 4.78 is 0.177. The molecule has 0 amide bonds. The summed E-state index contributed by atoms with van der Waals surface area (Å²) in [5.74, 6) is 0.189. The molecule has 64 valence electrons. The Labute approximate surface area is 81.2 Å². The van der Waals surface area contributed by atoms with Crippen LogP contribution in [0.4, 0.5) is 0 Å². The lowest BCUT2D eigenvalue weighted by molar-refractivity contribution is 0.473. The average Bonchev–Trinajstić information content (AvgIpc) is 2.04. The Hall–Kier alpha value is -0.660. The van der Waals surface area contributed by atoms with Gasteiger partial charge in [-0.15, -0.1) is 0 Å². The number of hydrogen-bond donors (Lipinski definition) is 1. The van der Waals surface area contributed by atoms with E-state index in [1.54, 1.807) is 25.1 Å². The van der Waals surface area contributed by atoms with Gasteiger partial charge in [0.2, 0.25) is 0 Å². The van der Waals surface area contributed by atoms with Gasteiger partial charge in [-0.25, -0.2) is 0 Å². The van der Waals surface area contributed by atoms with Crippen molar-refractivity contribution in [2.75, 3.05) is 0 Å². The molecule has 0 fully saturated rings. The Morgan fingerprint density at radius 2 is 1.83 bits per heavy atom. The summed E-state index contributed by atoms with van der Waals surface area (Å²) in [6.45, 7) is 1.75. The fourth-order valence-electron chi connectivity index (χ4n) is 0.893. The van der Waals surface area contributed by atoms with Gasteiger partial charge < -0.3 is 5.11 Å². The molecule has 3 heteroatoms. The van der Waals surface area contributed by atoms with Crippen molar-refractivity contribution < 1.29 is 5.11 Å². The summed E-state index contributed by atoms with van der Waals surface area (Å²) in [5, 5.41) is 9.38. The number of para-hydroxylation sites is 1. The number of aromatic hydroxyl groups is 1. The van der Waals surface area contributed by atoms with Crippen LogP contribution in [0.2, 0.25) is 0 Å². The van der Waals surface area contributed by atoms with Gasteiger partial charge in [0.25, 0.3) is 0 Å². The molecule has 0 saturated heterocycles. The molecule has 0 heterocycles. The Bertz CT molecular complexity index is 314. The van der Waals surface area contributed by atoms with Crippen molar-refractivity contribution in [2.45, 2.75) is 6.92 Å². The lowest BCUT2D eigenvalue weighted by atomic mass is 10.1. The summed E-state index contributed by atoms with van der Waals surface area (Å²) in [4.78, 5) is 0. The van der Waals surface area contributed by atoms with E-state index in [2.05, 4.69) is 0 Å². The summed E-state index contributed by atoms with van der Waals surface area (Å²) >= 11 is 11.1. The van der Waals surface area contributed by atoms with Gasteiger partial charge in [-0.3, -0.25) is 0 Å². The van der Waals surface area contributed by atoms with Crippen LogP contribution in [0.15, 0.2) is 28.8 Å². The van der Waals surface area contributed by atoms with Crippen molar-refractivity contribution in [3.63, 3.8) is 0 Å². The third-order valence-electron chi connectivity index (χ3n) is 1.59. The van der Waals surface area contributed by atoms with Gasteiger partial charge in [-0.05, 0) is 18.6 Å². The molecule has 1 N–H and O–H groups in total. The molecule has 0 aliphatic carbocycles.